The number of benzene rings is 1. The number of rotatable bonds is 6. The minimum absolute atomic E-state index is 0.0538. The average Bonchev–Trinajstić information content (AvgIpc) is 3.31. The fourth-order valence-corrected chi connectivity index (χ4v) is 3.14. The van der Waals surface area contributed by atoms with Crippen LogP contribution in [-0.2, 0) is 13.2 Å². The minimum Gasteiger partial charge on any atom is -0.392 e. The molecule has 2 aromatic rings. The van der Waals surface area contributed by atoms with Gasteiger partial charge in [-0.25, -0.2) is 4.79 Å². The fraction of sp³-hybridized carbons (Fsp3) is 0.500. The summed E-state index contributed by atoms with van der Waals surface area (Å²) >= 11 is 0. The van der Waals surface area contributed by atoms with E-state index >= 15 is 0 Å². The van der Waals surface area contributed by atoms with Gasteiger partial charge < -0.3 is 20.3 Å². The van der Waals surface area contributed by atoms with Crippen LogP contribution in [0.1, 0.15) is 67.4 Å². The molecule has 134 valence electrons. The Morgan fingerprint density at radius 1 is 1.32 bits per heavy atom. The van der Waals surface area contributed by atoms with E-state index in [-0.39, 0.29) is 18.7 Å². The number of hydrogen-bond donors (Lipinski definition) is 3. The second-order valence-corrected chi connectivity index (χ2v) is 6.45. The lowest BCUT2D eigenvalue weighted by Crippen LogP contribution is -2.36. The van der Waals surface area contributed by atoms with Crippen molar-refractivity contribution in [1.29, 1.82) is 0 Å². The molecule has 7 heteroatoms. The molecule has 0 spiro atoms. The summed E-state index contributed by atoms with van der Waals surface area (Å²) in [6, 6.07) is 6.76. The van der Waals surface area contributed by atoms with Crippen LogP contribution in [0, 0.1) is 0 Å². The number of aliphatic hydroxyl groups is 1. The number of carbonyl (C=O) groups excluding carboxylic acids is 1. The molecule has 1 atom stereocenters. The summed E-state index contributed by atoms with van der Waals surface area (Å²) in [5, 5.41) is 19.0. The van der Waals surface area contributed by atoms with Crippen molar-refractivity contribution in [3.05, 3.63) is 47.1 Å². The molecule has 2 amide bonds. The summed E-state index contributed by atoms with van der Waals surface area (Å²) in [5.74, 6) is 1.56. The first kappa shape index (κ1) is 17.4. The van der Waals surface area contributed by atoms with E-state index in [1.54, 1.807) is 0 Å². The predicted octanol–water partition coefficient (Wildman–Crippen LogP) is 2.78. The third-order valence-corrected chi connectivity index (χ3v) is 4.62. The van der Waals surface area contributed by atoms with Crippen molar-refractivity contribution < 1.29 is 14.4 Å². The molecule has 1 aliphatic rings. The molecule has 0 saturated heterocycles. The average molecular weight is 344 g/mol. The van der Waals surface area contributed by atoms with Gasteiger partial charge in [0.2, 0.25) is 5.89 Å². The van der Waals surface area contributed by atoms with E-state index in [0.717, 1.165) is 29.8 Å². The van der Waals surface area contributed by atoms with Crippen LogP contribution in [0.15, 0.2) is 28.8 Å². The highest BCUT2D eigenvalue weighted by atomic mass is 16.5. The molecule has 1 fully saturated rings. The van der Waals surface area contributed by atoms with Crippen LogP contribution in [0.2, 0.25) is 0 Å². The number of urea groups is 1. The van der Waals surface area contributed by atoms with Gasteiger partial charge >= 0.3 is 6.03 Å². The Hall–Kier alpha value is -2.41. The highest BCUT2D eigenvalue weighted by molar-refractivity contribution is 5.74. The molecular formula is C18H24N4O3. The van der Waals surface area contributed by atoms with Gasteiger partial charge in [-0.2, -0.15) is 4.98 Å². The van der Waals surface area contributed by atoms with Crippen LogP contribution in [0.3, 0.4) is 0 Å². The fourth-order valence-electron chi connectivity index (χ4n) is 3.14. The molecule has 1 unspecified atom stereocenters. The summed E-state index contributed by atoms with van der Waals surface area (Å²) in [6.45, 7) is 2.10. The van der Waals surface area contributed by atoms with E-state index < -0.39 is 0 Å². The molecular weight excluding hydrogens is 320 g/mol. The first-order valence-electron chi connectivity index (χ1n) is 8.73. The molecule has 1 heterocycles. The zero-order valence-corrected chi connectivity index (χ0v) is 14.4. The quantitative estimate of drug-likeness (QED) is 0.748. The van der Waals surface area contributed by atoms with Gasteiger partial charge in [-0.1, -0.05) is 42.3 Å². The monoisotopic (exact) mass is 344 g/mol. The lowest BCUT2D eigenvalue weighted by atomic mass is 10.1. The van der Waals surface area contributed by atoms with Gasteiger partial charge in [0.1, 0.15) is 6.04 Å². The van der Waals surface area contributed by atoms with Crippen LogP contribution >= 0.6 is 0 Å². The van der Waals surface area contributed by atoms with Gasteiger partial charge in [0.15, 0.2) is 5.82 Å². The van der Waals surface area contributed by atoms with Crippen LogP contribution in [0.5, 0.6) is 0 Å². The summed E-state index contributed by atoms with van der Waals surface area (Å²) in [5.41, 5.74) is 1.68. The third-order valence-electron chi connectivity index (χ3n) is 4.62. The van der Waals surface area contributed by atoms with Crippen molar-refractivity contribution in [2.24, 2.45) is 0 Å². The van der Waals surface area contributed by atoms with Gasteiger partial charge in [0, 0.05) is 12.5 Å². The highest BCUT2D eigenvalue weighted by Crippen LogP contribution is 2.32. The maximum Gasteiger partial charge on any atom is 0.315 e. The summed E-state index contributed by atoms with van der Waals surface area (Å²) < 4.78 is 5.30. The smallest absolute Gasteiger partial charge is 0.315 e. The molecule has 1 aromatic heterocycles. The summed E-state index contributed by atoms with van der Waals surface area (Å²) in [6.07, 6.45) is 4.62. The Kier molecular flexibility index (Phi) is 5.65. The topological polar surface area (TPSA) is 100 Å². The van der Waals surface area contributed by atoms with Crippen molar-refractivity contribution in [1.82, 2.24) is 20.8 Å². The minimum atomic E-state index is -0.365. The highest BCUT2D eigenvalue weighted by Gasteiger charge is 2.24. The summed E-state index contributed by atoms with van der Waals surface area (Å²) in [4.78, 5) is 16.5. The number of aliphatic hydroxyl groups excluding tert-OH is 1. The zero-order chi connectivity index (χ0) is 17.6. The van der Waals surface area contributed by atoms with Gasteiger partial charge in [0.25, 0.3) is 0 Å². The number of nitrogens with one attached hydrogen (secondary N) is 2. The second kappa shape index (κ2) is 8.11. The van der Waals surface area contributed by atoms with E-state index in [1.165, 1.54) is 12.8 Å². The Bertz CT molecular complexity index is 710. The van der Waals surface area contributed by atoms with E-state index in [1.807, 2.05) is 31.2 Å². The maximum absolute atomic E-state index is 12.1. The molecule has 1 saturated carbocycles. The van der Waals surface area contributed by atoms with Crippen molar-refractivity contribution in [3.8, 4) is 0 Å². The second-order valence-electron chi connectivity index (χ2n) is 6.45. The van der Waals surface area contributed by atoms with E-state index in [4.69, 9.17) is 4.52 Å². The Labute approximate surface area is 146 Å². The van der Waals surface area contributed by atoms with Crippen molar-refractivity contribution in [2.75, 3.05) is 0 Å². The van der Waals surface area contributed by atoms with Crippen molar-refractivity contribution in [2.45, 2.75) is 57.7 Å². The first-order chi connectivity index (χ1) is 12.2. The van der Waals surface area contributed by atoms with Crippen LogP contribution in [-0.4, -0.2) is 21.3 Å². The predicted molar refractivity (Wildman–Crippen MR) is 91.7 cm³/mol. The molecule has 7 nitrogen and oxygen atoms in total. The maximum atomic E-state index is 12.1. The molecule has 0 radical (unpaired) electrons. The van der Waals surface area contributed by atoms with Gasteiger partial charge in [0.05, 0.1) is 6.61 Å². The van der Waals surface area contributed by atoms with Gasteiger partial charge in [-0.3, -0.25) is 0 Å². The lowest BCUT2D eigenvalue weighted by Gasteiger charge is -2.12. The number of hydrogen-bond acceptors (Lipinski definition) is 5. The Balaban J connectivity index is 1.52. The Morgan fingerprint density at radius 3 is 2.76 bits per heavy atom. The molecule has 0 aliphatic heterocycles. The van der Waals surface area contributed by atoms with Crippen molar-refractivity contribution >= 4 is 6.03 Å². The number of aromatic nitrogens is 2. The first-order valence-corrected chi connectivity index (χ1v) is 8.73. The van der Waals surface area contributed by atoms with Gasteiger partial charge in [-0.05, 0) is 30.9 Å². The Morgan fingerprint density at radius 2 is 2.04 bits per heavy atom. The molecule has 3 N–H and O–H groups in total. The third kappa shape index (κ3) is 4.36. The number of carbonyl (C=O) groups is 1. The zero-order valence-electron chi connectivity index (χ0n) is 14.4. The van der Waals surface area contributed by atoms with Crippen LogP contribution in [0.4, 0.5) is 4.79 Å². The number of nitrogens with zero attached hydrogens (tertiary/aromatic N) is 2. The van der Waals surface area contributed by atoms with Crippen molar-refractivity contribution in [3.63, 3.8) is 0 Å². The molecule has 25 heavy (non-hydrogen) atoms. The van der Waals surface area contributed by atoms with Crippen LogP contribution in [0.25, 0.3) is 0 Å². The molecule has 3 rings (SSSR count). The molecule has 1 aromatic carbocycles. The number of amides is 2. The normalized spacial score (nSPS) is 15.9. The summed E-state index contributed by atoms with van der Waals surface area (Å²) in [7, 11) is 0. The van der Waals surface area contributed by atoms with E-state index in [0.29, 0.717) is 18.4 Å². The molecule has 0 bridgehead atoms. The van der Waals surface area contributed by atoms with E-state index in [9.17, 15) is 9.90 Å². The standard InChI is InChI=1S/C18H24N4O3/c1-12(17-21-16(22-25-17)13-6-2-3-7-13)20-18(24)19-10-14-8-4-5-9-15(14)11-23/h4-5,8-9,12-13,23H,2-3,6-7,10-11H2,1H3,(H2,19,20,24). The SMILES string of the molecule is CC(NC(=O)NCc1ccccc1CO)c1nc(C2CCCC2)no1. The molecule has 1 aliphatic carbocycles. The largest absolute Gasteiger partial charge is 0.392 e. The van der Waals surface area contributed by atoms with Gasteiger partial charge in [-0.15, -0.1) is 0 Å². The lowest BCUT2D eigenvalue weighted by molar-refractivity contribution is 0.233. The van der Waals surface area contributed by atoms with Crippen LogP contribution < -0.4 is 10.6 Å². The van der Waals surface area contributed by atoms with E-state index in [2.05, 4.69) is 20.8 Å².